The fourth-order valence-corrected chi connectivity index (χ4v) is 3.58. The quantitative estimate of drug-likeness (QED) is 0.537. The van der Waals surface area contributed by atoms with Crippen molar-refractivity contribution in [2.75, 3.05) is 20.7 Å². The highest BCUT2D eigenvalue weighted by atomic mass is 35.5. The van der Waals surface area contributed by atoms with Gasteiger partial charge in [0.15, 0.2) is 6.61 Å². The van der Waals surface area contributed by atoms with E-state index in [1.807, 2.05) is 18.5 Å². The molecule has 0 unspecified atom stereocenters. The molecule has 0 aliphatic rings. The van der Waals surface area contributed by atoms with E-state index < -0.39 is 22.6 Å². The Morgan fingerprint density at radius 1 is 1.15 bits per heavy atom. The maximum Gasteiger partial charge on any atom is 0.340 e. The molecule has 1 aromatic heterocycles. The lowest BCUT2D eigenvalue weighted by molar-refractivity contribution is 0.0474. The summed E-state index contributed by atoms with van der Waals surface area (Å²) in [6, 6.07) is 5.47. The number of halogens is 1. The zero-order chi connectivity index (χ0) is 20.5. The predicted octanol–water partition coefficient (Wildman–Crippen LogP) is 2.59. The van der Waals surface area contributed by atoms with Crippen LogP contribution in [0.4, 0.5) is 0 Å². The average molecular weight is 413 g/mol. The van der Waals surface area contributed by atoms with Crippen LogP contribution in [0.1, 0.15) is 32.1 Å². The van der Waals surface area contributed by atoms with Gasteiger partial charge < -0.3 is 9.30 Å². The number of rotatable bonds is 6. The van der Waals surface area contributed by atoms with Crippen LogP contribution in [0.3, 0.4) is 0 Å². The van der Waals surface area contributed by atoms with E-state index in [1.54, 1.807) is 13.0 Å². The van der Waals surface area contributed by atoms with Crippen LogP contribution in [0.2, 0.25) is 5.02 Å². The molecule has 1 heterocycles. The largest absolute Gasteiger partial charge is 0.454 e. The molecule has 9 heteroatoms. The van der Waals surface area contributed by atoms with Gasteiger partial charge in [0, 0.05) is 38.1 Å². The molecule has 0 atom stereocenters. The van der Waals surface area contributed by atoms with Crippen LogP contribution >= 0.6 is 11.6 Å². The number of benzene rings is 1. The third kappa shape index (κ3) is 4.23. The Balaban J connectivity index is 2.21. The van der Waals surface area contributed by atoms with Crippen LogP contribution in [0.5, 0.6) is 0 Å². The number of nitrogens with zero attached hydrogens (tertiary/aromatic N) is 2. The van der Waals surface area contributed by atoms with Crippen molar-refractivity contribution in [1.29, 1.82) is 0 Å². The summed E-state index contributed by atoms with van der Waals surface area (Å²) in [4.78, 5) is 24.6. The number of ether oxygens (including phenoxy) is 1. The summed E-state index contributed by atoms with van der Waals surface area (Å²) in [5, 5.41) is 0.0388. The predicted molar refractivity (Wildman–Crippen MR) is 102 cm³/mol. The number of carbonyl (C=O) groups excluding carboxylic acids is 2. The Bertz CT molecular complexity index is 1010. The van der Waals surface area contributed by atoms with Crippen LogP contribution in [0.15, 0.2) is 29.2 Å². The third-order valence-electron chi connectivity index (χ3n) is 4.35. The maximum atomic E-state index is 12.3. The molecular formula is C18H21ClN2O5S. The number of aryl methyl sites for hydroxylation is 1. The van der Waals surface area contributed by atoms with E-state index in [0.29, 0.717) is 5.56 Å². The molecule has 0 spiro atoms. The van der Waals surface area contributed by atoms with Crippen molar-refractivity contribution in [2.24, 2.45) is 7.05 Å². The topological polar surface area (TPSA) is 85.7 Å². The van der Waals surface area contributed by atoms with Crippen LogP contribution in [-0.4, -0.2) is 49.7 Å². The molecule has 0 saturated carbocycles. The van der Waals surface area contributed by atoms with E-state index in [4.69, 9.17) is 16.3 Å². The molecule has 1 aromatic carbocycles. The van der Waals surface area contributed by atoms with Crippen molar-refractivity contribution in [3.05, 3.63) is 51.8 Å². The van der Waals surface area contributed by atoms with Crippen molar-refractivity contribution in [3.63, 3.8) is 0 Å². The average Bonchev–Trinajstić information content (AvgIpc) is 2.87. The molecule has 2 aromatic rings. The van der Waals surface area contributed by atoms with Gasteiger partial charge in [-0.25, -0.2) is 17.5 Å². The minimum Gasteiger partial charge on any atom is -0.454 e. The molecule has 146 valence electrons. The van der Waals surface area contributed by atoms with Crippen LogP contribution in [-0.2, 0) is 21.8 Å². The zero-order valence-electron chi connectivity index (χ0n) is 15.7. The standard InChI is InChI=1S/C18H21ClN2O5S/c1-11-8-14(12(2)21(11)5)17(22)10-26-18(23)15-9-13(6-7-16(15)19)27(24,25)20(3)4/h6-9H,10H2,1-5H3. The smallest absolute Gasteiger partial charge is 0.340 e. The van der Waals surface area contributed by atoms with Crippen molar-refractivity contribution in [2.45, 2.75) is 18.7 Å². The molecule has 0 aliphatic heterocycles. The van der Waals surface area contributed by atoms with Gasteiger partial charge in [0.1, 0.15) is 0 Å². The summed E-state index contributed by atoms with van der Waals surface area (Å²) in [6.45, 7) is 3.20. The van der Waals surface area contributed by atoms with Gasteiger partial charge in [0.25, 0.3) is 0 Å². The number of ketones is 1. The maximum absolute atomic E-state index is 12.3. The molecule has 0 saturated heterocycles. The number of hydrogen-bond donors (Lipinski definition) is 0. The van der Waals surface area contributed by atoms with Gasteiger partial charge in [-0.05, 0) is 38.1 Å². The zero-order valence-corrected chi connectivity index (χ0v) is 17.3. The Labute approximate surface area is 163 Å². The van der Waals surface area contributed by atoms with Gasteiger partial charge in [0.05, 0.1) is 15.5 Å². The Morgan fingerprint density at radius 2 is 1.78 bits per heavy atom. The highest BCUT2D eigenvalue weighted by Gasteiger charge is 2.22. The highest BCUT2D eigenvalue weighted by Crippen LogP contribution is 2.23. The Morgan fingerprint density at radius 3 is 2.30 bits per heavy atom. The fourth-order valence-electron chi connectivity index (χ4n) is 2.46. The lowest BCUT2D eigenvalue weighted by atomic mass is 10.1. The van der Waals surface area contributed by atoms with E-state index >= 15 is 0 Å². The van der Waals surface area contributed by atoms with Gasteiger partial charge in [-0.15, -0.1) is 0 Å². The molecule has 7 nitrogen and oxygen atoms in total. The fraction of sp³-hybridized carbons (Fsp3) is 0.333. The van der Waals surface area contributed by atoms with Crippen molar-refractivity contribution < 1.29 is 22.7 Å². The highest BCUT2D eigenvalue weighted by molar-refractivity contribution is 7.89. The van der Waals surface area contributed by atoms with Gasteiger partial charge in [-0.3, -0.25) is 4.79 Å². The number of esters is 1. The second kappa shape index (κ2) is 7.84. The lowest BCUT2D eigenvalue weighted by Crippen LogP contribution is -2.22. The number of hydrogen-bond acceptors (Lipinski definition) is 5. The molecule has 0 amide bonds. The monoisotopic (exact) mass is 412 g/mol. The summed E-state index contributed by atoms with van der Waals surface area (Å²) < 4.78 is 32.4. The van der Waals surface area contributed by atoms with Crippen molar-refractivity contribution in [3.8, 4) is 0 Å². The molecule has 0 bridgehead atoms. The summed E-state index contributed by atoms with van der Waals surface area (Å²) in [5.74, 6) is -1.22. The second-order valence-electron chi connectivity index (χ2n) is 6.27. The van der Waals surface area contributed by atoms with Crippen LogP contribution in [0, 0.1) is 13.8 Å². The molecule has 0 fully saturated rings. The van der Waals surface area contributed by atoms with E-state index in [0.717, 1.165) is 21.8 Å². The molecule has 0 aliphatic carbocycles. The summed E-state index contributed by atoms with van der Waals surface area (Å²) in [7, 11) is 0.862. The van der Waals surface area contributed by atoms with E-state index in [1.165, 1.54) is 26.2 Å². The van der Waals surface area contributed by atoms with E-state index in [2.05, 4.69) is 0 Å². The van der Waals surface area contributed by atoms with Crippen LogP contribution in [0.25, 0.3) is 0 Å². The minimum atomic E-state index is -3.73. The first-order chi connectivity index (χ1) is 12.5. The number of carbonyl (C=O) groups is 2. The van der Waals surface area contributed by atoms with Crippen LogP contribution < -0.4 is 0 Å². The molecule has 27 heavy (non-hydrogen) atoms. The second-order valence-corrected chi connectivity index (χ2v) is 8.83. The number of Topliss-reactive ketones (excluding diaryl/α,β-unsaturated/α-hetero) is 1. The van der Waals surface area contributed by atoms with E-state index in [9.17, 15) is 18.0 Å². The first-order valence-corrected chi connectivity index (χ1v) is 9.84. The third-order valence-corrected chi connectivity index (χ3v) is 6.49. The van der Waals surface area contributed by atoms with Crippen molar-refractivity contribution >= 4 is 33.4 Å². The molecule has 0 N–H and O–H groups in total. The molecule has 2 rings (SSSR count). The van der Waals surface area contributed by atoms with Gasteiger partial charge >= 0.3 is 5.97 Å². The SMILES string of the molecule is Cc1cc(C(=O)COC(=O)c2cc(S(=O)(=O)N(C)C)ccc2Cl)c(C)n1C. The first-order valence-electron chi connectivity index (χ1n) is 8.02. The van der Waals surface area contributed by atoms with E-state index in [-0.39, 0.29) is 21.3 Å². The minimum absolute atomic E-state index is 0.0388. The van der Waals surface area contributed by atoms with Gasteiger partial charge in [0.2, 0.25) is 15.8 Å². The number of sulfonamides is 1. The van der Waals surface area contributed by atoms with Crippen molar-refractivity contribution in [1.82, 2.24) is 8.87 Å². The molecular weight excluding hydrogens is 392 g/mol. The first kappa shape index (κ1) is 21.1. The Kier molecular flexibility index (Phi) is 6.14. The van der Waals surface area contributed by atoms with Gasteiger partial charge in [-0.2, -0.15) is 0 Å². The molecule has 0 radical (unpaired) electrons. The normalized spacial score (nSPS) is 11.7. The summed E-state index contributed by atoms with van der Waals surface area (Å²) in [5.41, 5.74) is 2.03. The van der Waals surface area contributed by atoms with Gasteiger partial charge in [-0.1, -0.05) is 11.6 Å². The number of aromatic nitrogens is 1. The lowest BCUT2D eigenvalue weighted by Gasteiger charge is -2.13. The summed E-state index contributed by atoms with van der Waals surface area (Å²) >= 11 is 6.00. The Hall–Kier alpha value is -2.16. The summed E-state index contributed by atoms with van der Waals surface area (Å²) in [6.07, 6.45) is 0.